The van der Waals surface area contributed by atoms with Crippen molar-refractivity contribution in [2.24, 2.45) is 5.92 Å². The third-order valence-electron chi connectivity index (χ3n) is 4.75. The summed E-state index contributed by atoms with van der Waals surface area (Å²) < 4.78 is 27.6. The molecule has 2 aromatic rings. The van der Waals surface area contributed by atoms with Crippen molar-refractivity contribution in [3.05, 3.63) is 60.2 Å². The summed E-state index contributed by atoms with van der Waals surface area (Å²) >= 11 is 0. The van der Waals surface area contributed by atoms with E-state index < -0.39 is 10.0 Å². The minimum atomic E-state index is -3.73. The van der Waals surface area contributed by atoms with Crippen LogP contribution >= 0.6 is 0 Å². The van der Waals surface area contributed by atoms with Crippen molar-refractivity contribution in [3.63, 3.8) is 0 Å². The molecular weight excluding hydrogens is 348 g/mol. The van der Waals surface area contributed by atoms with Gasteiger partial charge in [-0.25, -0.2) is 8.42 Å². The summed E-state index contributed by atoms with van der Waals surface area (Å²) in [5.41, 5.74) is 0.625. The number of rotatable bonds is 6. The van der Waals surface area contributed by atoms with Crippen LogP contribution in [0.25, 0.3) is 0 Å². The number of para-hydroxylation sites is 1. The van der Waals surface area contributed by atoms with E-state index in [1.165, 1.54) is 31.4 Å². The second-order valence-corrected chi connectivity index (χ2v) is 8.36. The molecule has 6 heteroatoms. The molecular formula is C20H24N2O3S. The van der Waals surface area contributed by atoms with Gasteiger partial charge in [-0.1, -0.05) is 49.6 Å². The molecule has 1 saturated carbocycles. The van der Waals surface area contributed by atoms with E-state index >= 15 is 0 Å². The van der Waals surface area contributed by atoms with Crippen LogP contribution in [-0.2, 0) is 10.0 Å². The SMILES string of the molecule is O=C(NCC1CCCCC1)c1ccccc1NS(=O)(=O)c1ccccc1. The summed E-state index contributed by atoms with van der Waals surface area (Å²) in [6.45, 7) is 0.638. The van der Waals surface area contributed by atoms with E-state index in [0.717, 1.165) is 12.8 Å². The number of sulfonamides is 1. The minimum Gasteiger partial charge on any atom is -0.352 e. The van der Waals surface area contributed by atoms with Gasteiger partial charge in [-0.2, -0.15) is 0 Å². The van der Waals surface area contributed by atoms with Crippen LogP contribution in [-0.4, -0.2) is 20.9 Å². The van der Waals surface area contributed by atoms with Crippen LogP contribution in [0.15, 0.2) is 59.5 Å². The quantitative estimate of drug-likeness (QED) is 0.810. The number of anilines is 1. The molecule has 0 atom stereocenters. The number of hydrogen-bond donors (Lipinski definition) is 2. The highest BCUT2D eigenvalue weighted by Crippen LogP contribution is 2.24. The standard InChI is InChI=1S/C20H24N2O3S/c23-20(21-15-16-9-3-1-4-10-16)18-13-7-8-14-19(18)22-26(24,25)17-11-5-2-6-12-17/h2,5-8,11-14,16,22H,1,3-4,9-10,15H2,(H,21,23). The van der Waals surface area contributed by atoms with Gasteiger partial charge in [-0.15, -0.1) is 0 Å². The van der Waals surface area contributed by atoms with Crippen LogP contribution in [0.4, 0.5) is 5.69 Å². The second-order valence-electron chi connectivity index (χ2n) is 6.68. The van der Waals surface area contributed by atoms with E-state index in [-0.39, 0.29) is 16.5 Å². The molecule has 1 aliphatic carbocycles. The molecule has 0 saturated heterocycles. The summed E-state index contributed by atoms with van der Waals surface area (Å²) in [6, 6.07) is 14.8. The summed E-state index contributed by atoms with van der Waals surface area (Å²) in [5, 5.41) is 2.96. The first-order chi connectivity index (χ1) is 12.6. The molecule has 0 aliphatic heterocycles. The zero-order valence-electron chi connectivity index (χ0n) is 14.6. The Hall–Kier alpha value is -2.34. The Bertz CT molecular complexity index is 844. The Labute approximate surface area is 154 Å². The number of carbonyl (C=O) groups excluding carboxylic acids is 1. The molecule has 0 radical (unpaired) electrons. The molecule has 26 heavy (non-hydrogen) atoms. The van der Waals surface area contributed by atoms with Gasteiger partial charge < -0.3 is 5.32 Å². The first kappa shape index (κ1) is 18.5. The lowest BCUT2D eigenvalue weighted by Gasteiger charge is -2.22. The fourth-order valence-corrected chi connectivity index (χ4v) is 4.40. The molecule has 1 aliphatic rings. The van der Waals surface area contributed by atoms with E-state index in [2.05, 4.69) is 10.0 Å². The van der Waals surface area contributed by atoms with Crippen LogP contribution in [0.5, 0.6) is 0 Å². The maximum Gasteiger partial charge on any atom is 0.261 e. The fourth-order valence-electron chi connectivity index (χ4n) is 3.30. The van der Waals surface area contributed by atoms with Crippen LogP contribution in [0, 0.1) is 5.92 Å². The summed E-state index contributed by atoms with van der Waals surface area (Å²) in [7, 11) is -3.73. The van der Waals surface area contributed by atoms with Gasteiger partial charge in [0.2, 0.25) is 0 Å². The predicted octanol–water partition coefficient (Wildman–Crippen LogP) is 3.80. The number of nitrogens with one attached hydrogen (secondary N) is 2. The Morgan fingerprint density at radius 3 is 2.31 bits per heavy atom. The molecule has 3 rings (SSSR count). The zero-order valence-corrected chi connectivity index (χ0v) is 15.5. The predicted molar refractivity (Wildman–Crippen MR) is 103 cm³/mol. The van der Waals surface area contributed by atoms with Crippen molar-refractivity contribution in [1.82, 2.24) is 5.32 Å². The maximum atomic E-state index is 12.6. The Morgan fingerprint density at radius 1 is 0.923 bits per heavy atom. The van der Waals surface area contributed by atoms with Crippen molar-refractivity contribution >= 4 is 21.6 Å². The third kappa shape index (κ3) is 4.64. The highest BCUT2D eigenvalue weighted by molar-refractivity contribution is 7.92. The Balaban J connectivity index is 1.72. The van der Waals surface area contributed by atoms with Crippen LogP contribution < -0.4 is 10.0 Å². The van der Waals surface area contributed by atoms with Gasteiger partial charge in [-0.05, 0) is 43.0 Å². The molecule has 2 N–H and O–H groups in total. The van der Waals surface area contributed by atoms with Crippen molar-refractivity contribution in [2.75, 3.05) is 11.3 Å². The average molecular weight is 372 g/mol. The van der Waals surface area contributed by atoms with E-state index in [1.807, 2.05) is 0 Å². The lowest BCUT2D eigenvalue weighted by molar-refractivity contribution is 0.0944. The molecule has 138 valence electrons. The Kier molecular flexibility index (Phi) is 5.93. The second kappa shape index (κ2) is 8.36. The smallest absolute Gasteiger partial charge is 0.261 e. The highest BCUT2D eigenvalue weighted by Gasteiger charge is 2.19. The normalized spacial score (nSPS) is 15.4. The van der Waals surface area contributed by atoms with Crippen molar-refractivity contribution < 1.29 is 13.2 Å². The molecule has 1 fully saturated rings. The van der Waals surface area contributed by atoms with Gasteiger partial charge in [0, 0.05) is 6.54 Å². The molecule has 0 heterocycles. The van der Waals surface area contributed by atoms with Gasteiger partial charge in [-0.3, -0.25) is 9.52 Å². The van der Waals surface area contributed by atoms with Gasteiger partial charge >= 0.3 is 0 Å². The lowest BCUT2D eigenvalue weighted by Crippen LogP contribution is -2.31. The largest absolute Gasteiger partial charge is 0.352 e. The number of amides is 1. The van der Waals surface area contributed by atoms with Gasteiger partial charge in [0.15, 0.2) is 0 Å². The number of benzene rings is 2. The maximum absolute atomic E-state index is 12.6. The van der Waals surface area contributed by atoms with Crippen LogP contribution in [0.2, 0.25) is 0 Å². The average Bonchev–Trinajstić information content (AvgIpc) is 2.68. The monoisotopic (exact) mass is 372 g/mol. The van der Waals surface area contributed by atoms with E-state index in [1.54, 1.807) is 42.5 Å². The molecule has 0 bridgehead atoms. The first-order valence-corrected chi connectivity index (χ1v) is 10.5. The topological polar surface area (TPSA) is 75.3 Å². The van der Waals surface area contributed by atoms with Gasteiger partial charge in [0.1, 0.15) is 0 Å². The van der Waals surface area contributed by atoms with E-state index in [4.69, 9.17) is 0 Å². The summed E-state index contributed by atoms with van der Waals surface area (Å²) in [5.74, 6) is 0.266. The molecule has 0 spiro atoms. The molecule has 2 aromatic carbocycles. The highest BCUT2D eigenvalue weighted by atomic mass is 32.2. The molecule has 0 unspecified atom stereocenters. The fraction of sp³-hybridized carbons (Fsp3) is 0.350. The van der Waals surface area contributed by atoms with Gasteiger partial charge in [0.05, 0.1) is 16.1 Å². The Morgan fingerprint density at radius 2 is 1.58 bits per heavy atom. The van der Waals surface area contributed by atoms with E-state index in [9.17, 15) is 13.2 Å². The van der Waals surface area contributed by atoms with Crippen LogP contribution in [0.3, 0.4) is 0 Å². The van der Waals surface area contributed by atoms with E-state index in [0.29, 0.717) is 18.0 Å². The molecule has 0 aromatic heterocycles. The van der Waals surface area contributed by atoms with Crippen LogP contribution in [0.1, 0.15) is 42.5 Å². The molecule has 1 amide bonds. The van der Waals surface area contributed by atoms with Gasteiger partial charge in [0.25, 0.3) is 15.9 Å². The zero-order chi connectivity index (χ0) is 18.4. The summed E-state index contributed by atoms with van der Waals surface area (Å²) in [6.07, 6.45) is 5.99. The third-order valence-corrected chi connectivity index (χ3v) is 6.13. The molecule has 5 nitrogen and oxygen atoms in total. The number of carbonyl (C=O) groups is 1. The van der Waals surface area contributed by atoms with Crippen molar-refractivity contribution in [1.29, 1.82) is 0 Å². The van der Waals surface area contributed by atoms with Crippen molar-refractivity contribution in [3.8, 4) is 0 Å². The number of hydrogen-bond acceptors (Lipinski definition) is 3. The lowest BCUT2D eigenvalue weighted by atomic mass is 9.89. The minimum absolute atomic E-state index is 0.164. The summed E-state index contributed by atoms with van der Waals surface area (Å²) in [4.78, 5) is 12.7. The van der Waals surface area contributed by atoms with Crippen molar-refractivity contribution in [2.45, 2.75) is 37.0 Å². The first-order valence-electron chi connectivity index (χ1n) is 9.01.